The molecule has 1 aliphatic rings. The maximum atomic E-state index is 11.2. The average Bonchev–Trinajstić information content (AvgIpc) is 3.42. The van der Waals surface area contributed by atoms with Crippen LogP contribution in [0.4, 0.5) is 5.82 Å². The summed E-state index contributed by atoms with van der Waals surface area (Å²) in [6.07, 6.45) is 4.98. The fourth-order valence-electron chi connectivity index (χ4n) is 4.11. The number of ether oxygens (including phenoxy) is 1. The Morgan fingerprint density at radius 3 is 2.64 bits per heavy atom. The Labute approximate surface area is 188 Å². The van der Waals surface area contributed by atoms with E-state index in [-0.39, 0.29) is 11.9 Å². The summed E-state index contributed by atoms with van der Waals surface area (Å²) in [6, 6.07) is 9.07. The number of aliphatic carboxylic acids is 1. The van der Waals surface area contributed by atoms with Crippen LogP contribution in [0.15, 0.2) is 47.4 Å². The smallest absolute Gasteiger partial charge is 0.320 e. The number of nitrogen functional groups attached to an aromatic ring is 1. The Bertz CT molecular complexity index is 1280. The molecule has 3 aromatic heterocycles. The number of benzene rings is 1. The van der Waals surface area contributed by atoms with E-state index in [1.165, 1.54) is 0 Å². The van der Waals surface area contributed by atoms with Gasteiger partial charge in [-0.1, -0.05) is 0 Å². The molecule has 0 spiro atoms. The summed E-state index contributed by atoms with van der Waals surface area (Å²) in [5.74, 6) is 0.613. The monoisotopic (exact) mass is 449 g/mol. The predicted octanol–water partition coefficient (Wildman–Crippen LogP) is 2.37. The van der Waals surface area contributed by atoms with Gasteiger partial charge in [-0.25, -0.2) is 9.61 Å². The number of fused-ring (bicyclic) bond motifs is 1. The molecule has 11 nitrogen and oxygen atoms in total. The number of piperidine rings is 1. The highest BCUT2D eigenvalue weighted by atomic mass is 16.6. The molecule has 1 fully saturated rings. The molecule has 4 heterocycles. The number of carboxylic acids is 1. The van der Waals surface area contributed by atoms with Crippen LogP contribution < -0.4 is 10.5 Å². The molecular formula is C22H23N7O4. The molecular weight excluding hydrogens is 426 g/mol. The second-order valence-corrected chi connectivity index (χ2v) is 7.99. The van der Waals surface area contributed by atoms with Crippen molar-refractivity contribution < 1.29 is 19.3 Å². The van der Waals surface area contributed by atoms with Crippen molar-refractivity contribution in [3.63, 3.8) is 0 Å². The molecule has 0 aliphatic carbocycles. The van der Waals surface area contributed by atoms with E-state index in [9.17, 15) is 9.90 Å². The number of rotatable bonds is 6. The second-order valence-electron chi connectivity index (χ2n) is 7.99. The minimum Gasteiger partial charge on any atom is -0.490 e. The highest BCUT2D eigenvalue weighted by molar-refractivity contribution is 5.83. The number of anilines is 1. The molecule has 1 aliphatic heterocycles. The molecule has 11 heteroatoms. The molecule has 0 saturated carbocycles. The van der Waals surface area contributed by atoms with E-state index >= 15 is 0 Å². The molecule has 0 amide bonds. The molecule has 1 saturated heterocycles. The van der Waals surface area contributed by atoms with E-state index in [1.54, 1.807) is 19.3 Å². The van der Waals surface area contributed by atoms with Crippen LogP contribution in [0.3, 0.4) is 0 Å². The molecule has 1 unspecified atom stereocenters. The Kier molecular flexibility index (Phi) is 5.38. The number of hydrogen-bond acceptors (Lipinski definition) is 9. The van der Waals surface area contributed by atoms with Gasteiger partial charge in [0, 0.05) is 25.0 Å². The standard InChI is InChI=1S/C22H23N7O4/c1-13(22(30)31)28-10-7-16(8-11-28)32-15-4-2-14(3-5-15)29-18-6-9-24-12-17(18)25-21(29)19-20(23)27-33-26-19/h2-6,9,12-13,16H,7-8,10-11H2,1H3,(H2,23,27)(H,30,31). The summed E-state index contributed by atoms with van der Waals surface area (Å²) >= 11 is 0. The summed E-state index contributed by atoms with van der Waals surface area (Å²) in [7, 11) is 0. The molecule has 170 valence electrons. The van der Waals surface area contributed by atoms with Crippen molar-refractivity contribution in [1.82, 2.24) is 29.7 Å². The maximum absolute atomic E-state index is 11.2. The summed E-state index contributed by atoms with van der Waals surface area (Å²) in [4.78, 5) is 21.9. The van der Waals surface area contributed by atoms with E-state index in [0.717, 1.165) is 29.8 Å². The van der Waals surface area contributed by atoms with Crippen molar-refractivity contribution >= 4 is 22.8 Å². The van der Waals surface area contributed by atoms with Crippen LogP contribution in [0.25, 0.3) is 28.2 Å². The van der Waals surface area contributed by atoms with Crippen LogP contribution in [0.1, 0.15) is 19.8 Å². The normalized spacial score (nSPS) is 16.2. The lowest BCUT2D eigenvalue weighted by molar-refractivity contribution is -0.143. The third kappa shape index (κ3) is 3.98. The van der Waals surface area contributed by atoms with E-state index in [4.69, 9.17) is 15.1 Å². The van der Waals surface area contributed by atoms with E-state index in [0.29, 0.717) is 30.1 Å². The predicted molar refractivity (Wildman–Crippen MR) is 119 cm³/mol. The number of pyridine rings is 1. The van der Waals surface area contributed by atoms with Crippen molar-refractivity contribution in [1.29, 1.82) is 0 Å². The molecule has 0 bridgehead atoms. The number of carbonyl (C=O) groups is 1. The largest absolute Gasteiger partial charge is 0.490 e. The van der Waals surface area contributed by atoms with Crippen molar-refractivity contribution in [3.8, 4) is 23.0 Å². The average molecular weight is 449 g/mol. The zero-order valence-corrected chi connectivity index (χ0v) is 18.0. The summed E-state index contributed by atoms with van der Waals surface area (Å²) in [5.41, 5.74) is 8.66. The number of likely N-dealkylation sites (tertiary alicyclic amines) is 1. The van der Waals surface area contributed by atoms with Gasteiger partial charge in [0.1, 0.15) is 23.4 Å². The molecule has 33 heavy (non-hydrogen) atoms. The van der Waals surface area contributed by atoms with Crippen molar-refractivity contribution in [2.45, 2.75) is 31.9 Å². The first-order valence-corrected chi connectivity index (χ1v) is 10.7. The minimum atomic E-state index is -0.796. The number of carboxylic acid groups (broad SMARTS) is 1. The fraction of sp³-hybridized carbons (Fsp3) is 0.318. The van der Waals surface area contributed by atoms with Gasteiger partial charge < -0.3 is 15.6 Å². The van der Waals surface area contributed by atoms with Crippen LogP contribution in [-0.2, 0) is 4.79 Å². The highest BCUT2D eigenvalue weighted by Gasteiger charge is 2.27. The van der Waals surface area contributed by atoms with Gasteiger partial charge in [-0.2, -0.15) is 0 Å². The van der Waals surface area contributed by atoms with Crippen molar-refractivity contribution in [2.24, 2.45) is 0 Å². The van der Waals surface area contributed by atoms with E-state index in [1.807, 2.05) is 39.8 Å². The van der Waals surface area contributed by atoms with Gasteiger partial charge in [-0.15, -0.1) is 0 Å². The number of imidazole rings is 1. The van der Waals surface area contributed by atoms with E-state index in [2.05, 4.69) is 20.3 Å². The SMILES string of the molecule is CC(C(=O)O)N1CCC(Oc2ccc(-n3c(-c4nonc4N)nc4cnccc43)cc2)CC1. The second kappa shape index (κ2) is 8.51. The van der Waals surface area contributed by atoms with Crippen molar-refractivity contribution in [3.05, 3.63) is 42.7 Å². The molecule has 5 rings (SSSR count). The first-order chi connectivity index (χ1) is 16.0. The van der Waals surface area contributed by atoms with Crippen LogP contribution in [0.5, 0.6) is 5.75 Å². The Morgan fingerprint density at radius 1 is 1.21 bits per heavy atom. The number of hydrogen-bond donors (Lipinski definition) is 2. The number of nitrogens with zero attached hydrogens (tertiary/aromatic N) is 6. The highest BCUT2D eigenvalue weighted by Crippen LogP contribution is 2.30. The Balaban J connectivity index is 1.37. The van der Waals surface area contributed by atoms with Gasteiger partial charge in [0.25, 0.3) is 0 Å². The molecule has 3 N–H and O–H groups in total. The molecule has 0 radical (unpaired) electrons. The first kappa shape index (κ1) is 20.9. The third-order valence-corrected chi connectivity index (χ3v) is 5.96. The minimum absolute atomic E-state index is 0.0461. The van der Waals surface area contributed by atoms with Gasteiger partial charge in [-0.3, -0.25) is 19.2 Å². The maximum Gasteiger partial charge on any atom is 0.320 e. The summed E-state index contributed by atoms with van der Waals surface area (Å²) in [5, 5.41) is 16.8. The van der Waals surface area contributed by atoms with Crippen LogP contribution in [0, 0.1) is 0 Å². The van der Waals surface area contributed by atoms with E-state index < -0.39 is 12.0 Å². The number of aromatic nitrogens is 5. The summed E-state index contributed by atoms with van der Waals surface area (Å²) < 4.78 is 12.9. The lowest BCUT2D eigenvalue weighted by atomic mass is 10.1. The fourth-order valence-corrected chi connectivity index (χ4v) is 4.11. The van der Waals surface area contributed by atoms with Crippen LogP contribution >= 0.6 is 0 Å². The van der Waals surface area contributed by atoms with Crippen molar-refractivity contribution in [2.75, 3.05) is 18.8 Å². The first-order valence-electron chi connectivity index (χ1n) is 10.7. The summed E-state index contributed by atoms with van der Waals surface area (Å²) in [6.45, 7) is 3.11. The lowest BCUT2D eigenvalue weighted by Crippen LogP contribution is -2.46. The van der Waals surface area contributed by atoms with Gasteiger partial charge in [-0.05, 0) is 60.4 Å². The molecule has 1 aromatic carbocycles. The van der Waals surface area contributed by atoms with Gasteiger partial charge >= 0.3 is 5.97 Å². The Hall–Kier alpha value is -3.99. The lowest BCUT2D eigenvalue weighted by Gasteiger charge is -2.34. The topological polar surface area (TPSA) is 145 Å². The van der Waals surface area contributed by atoms with Gasteiger partial charge in [0.05, 0.1) is 11.7 Å². The van der Waals surface area contributed by atoms with Gasteiger partial charge in [0.2, 0.25) is 0 Å². The number of nitrogens with two attached hydrogens (primary N) is 1. The van der Waals surface area contributed by atoms with Gasteiger partial charge in [0.15, 0.2) is 17.3 Å². The Morgan fingerprint density at radius 2 is 1.97 bits per heavy atom. The van der Waals surface area contributed by atoms with Crippen LogP contribution in [0.2, 0.25) is 0 Å². The molecule has 4 aromatic rings. The third-order valence-electron chi connectivity index (χ3n) is 5.96. The quantitative estimate of drug-likeness (QED) is 0.450. The molecule has 1 atom stereocenters. The zero-order chi connectivity index (χ0) is 22.9. The van der Waals surface area contributed by atoms with Crippen LogP contribution in [-0.4, -0.2) is 66.1 Å². The zero-order valence-electron chi connectivity index (χ0n) is 18.0.